The summed E-state index contributed by atoms with van der Waals surface area (Å²) in [5, 5.41) is 0. The Kier molecular flexibility index (Phi) is 5.50. The maximum Gasteiger partial charge on any atom is 0.355 e. The van der Waals surface area contributed by atoms with Gasteiger partial charge in [-0.2, -0.15) is 0 Å². The molecule has 1 N–H and O–H groups in total. The van der Waals surface area contributed by atoms with Gasteiger partial charge in [-0.1, -0.05) is 30.3 Å². The van der Waals surface area contributed by atoms with Crippen LogP contribution in [0.5, 0.6) is 0 Å². The fourth-order valence-corrected chi connectivity index (χ4v) is 4.33. The summed E-state index contributed by atoms with van der Waals surface area (Å²) in [5.41, 5.74) is 3.22. The largest absolute Gasteiger partial charge is 0.461 e. The van der Waals surface area contributed by atoms with Crippen LogP contribution in [-0.4, -0.2) is 46.7 Å². The number of H-pyrrole nitrogens is 1. The van der Waals surface area contributed by atoms with Crippen molar-refractivity contribution in [3.05, 3.63) is 58.4 Å². The number of aryl methyl sites for hydroxylation is 1. The number of esters is 1. The first-order valence-corrected chi connectivity index (χ1v) is 10.7. The minimum Gasteiger partial charge on any atom is -0.461 e. The smallest absolute Gasteiger partial charge is 0.355 e. The molecule has 6 heteroatoms. The first kappa shape index (κ1) is 20.4. The summed E-state index contributed by atoms with van der Waals surface area (Å²) >= 11 is 0. The summed E-state index contributed by atoms with van der Waals surface area (Å²) < 4.78 is 5.07. The monoisotopic (exact) mass is 408 g/mol. The number of ether oxygens (including phenoxy) is 1. The second kappa shape index (κ2) is 8.09. The van der Waals surface area contributed by atoms with E-state index in [-0.39, 0.29) is 42.7 Å². The molecule has 0 unspecified atom stereocenters. The van der Waals surface area contributed by atoms with Crippen molar-refractivity contribution >= 4 is 17.7 Å². The van der Waals surface area contributed by atoms with Crippen LogP contribution in [0.3, 0.4) is 0 Å². The molecule has 1 aromatic carbocycles. The van der Waals surface area contributed by atoms with Crippen LogP contribution < -0.4 is 0 Å². The number of hydrogen-bond donors (Lipinski definition) is 1. The minimum atomic E-state index is -0.462. The predicted octanol–water partition coefficient (Wildman–Crippen LogP) is 3.79. The molecule has 2 fully saturated rings. The number of benzene rings is 1. The molecule has 158 valence electrons. The van der Waals surface area contributed by atoms with Crippen molar-refractivity contribution in [1.82, 2.24) is 9.88 Å². The minimum absolute atomic E-state index is 0.0377. The van der Waals surface area contributed by atoms with E-state index in [0.29, 0.717) is 22.5 Å². The summed E-state index contributed by atoms with van der Waals surface area (Å²) in [4.78, 5) is 43.3. The van der Waals surface area contributed by atoms with Crippen LogP contribution >= 0.6 is 0 Å². The first-order valence-electron chi connectivity index (χ1n) is 10.7. The molecule has 2 aliphatic carbocycles. The van der Waals surface area contributed by atoms with Gasteiger partial charge in [0.1, 0.15) is 5.69 Å². The van der Waals surface area contributed by atoms with Gasteiger partial charge in [-0.15, -0.1) is 0 Å². The molecule has 2 aliphatic rings. The van der Waals surface area contributed by atoms with Crippen LogP contribution in [0.25, 0.3) is 0 Å². The maximum atomic E-state index is 13.2. The molecule has 2 aromatic rings. The molecule has 4 rings (SSSR count). The summed E-state index contributed by atoms with van der Waals surface area (Å²) in [6, 6.07) is 10.3. The molecular formula is C24H28N2O4. The number of amides is 1. The number of hydrogen-bond acceptors (Lipinski definition) is 4. The summed E-state index contributed by atoms with van der Waals surface area (Å²) in [7, 11) is 0. The van der Waals surface area contributed by atoms with Crippen molar-refractivity contribution < 1.29 is 19.1 Å². The van der Waals surface area contributed by atoms with E-state index in [9.17, 15) is 14.4 Å². The van der Waals surface area contributed by atoms with E-state index < -0.39 is 5.97 Å². The number of nitrogens with one attached hydrogen (secondary N) is 1. The zero-order valence-corrected chi connectivity index (χ0v) is 17.7. The number of nitrogens with zero attached hydrogens (tertiary/aromatic N) is 1. The van der Waals surface area contributed by atoms with Crippen LogP contribution in [0.2, 0.25) is 0 Å². The van der Waals surface area contributed by atoms with Gasteiger partial charge >= 0.3 is 5.97 Å². The number of Topliss-reactive ketones (excluding diaryl/α,β-unsaturated/α-hetero) is 1. The van der Waals surface area contributed by atoms with Gasteiger partial charge in [0.05, 0.1) is 13.2 Å². The maximum absolute atomic E-state index is 13.2. The molecular weight excluding hydrogens is 380 g/mol. The van der Waals surface area contributed by atoms with Crippen LogP contribution in [0.15, 0.2) is 30.3 Å². The van der Waals surface area contributed by atoms with Crippen molar-refractivity contribution in [3.8, 4) is 0 Å². The molecule has 0 aliphatic heterocycles. The van der Waals surface area contributed by atoms with Crippen molar-refractivity contribution in [2.75, 3.05) is 13.2 Å². The Morgan fingerprint density at radius 3 is 2.47 bits per heavy atom. The Bertz CT molecular complexity index is 975. The summed E-state index contributed by atoms with van der Waals surface area (Å²) in [6.45, 7) is 5.60. The zero-order chi connectivity index (χ0) is 21.4. The van der Waals surface area contributed by atoms with Gasteiger partial charge in [0.25, 0.3) is 0 Å². The highest BCUT2D eigenvalue weighted by atomic mass is 16.5. The average Bonchev–Trinajstić information content (AvgIpc) is 3.64. The molecule has 2 saturated carbocycles. The molecule has 0 bridgehead atoms. The van der Waals surface area contributed by atoms with Crippen molar-refractivity contribution in [2.24, 2.45) is 5.92 Å². The van der Waals surface area contributed by atoms with Crippen LogP contribution in [-0.2, 0) is 9.53 Å². The number of rotatable bonds is 8. The van der Waals surface area contributed by atoms with Crippen molar-refractivity contribution in [3.63, 3.8) is 0 Å². The molecule has 1 amide bonds. The van der Waals surface area contributed by atoms with Crippen LogP contribution in [0.1, 0.15) is 69.8 Å². The van der Waals surface area contributed by atoms with Crippen LogP contribution in [0.4, 0.5) is 0 Å². The number of aromatic amines is 1. The molecule has 1 heterocycles. The van der Waals surface area contributed by atoms with E-state index in [4.69, 9.17) is 4.74 Å². The Hall–Kier alpha value is -2.89. The fraction of sp³-hybridized carbons (Fsp3) is 0.458. The third-order valence-electron chi connectivity index (χ3n) is 6.12. The highest BCUT2D eigenvalue weighted by Crippen LogP contribution is 2.49. The van der Waals surface area contributed by atoms with Crippen molar-refractivity contribution in [2.45, 2.75) is 52.0 Å². The van der Waals surface area contributed by atoms with Crippen molar-refractivity contribution in [1.29, 1.82) is 0 Å². The third-order valence-corrected chi connectivity index (χ3v) is 6.12. The summed E-state index contributed by atoms with van der Waals surface area (Å²) in [5.74, 6) is -0.299. The predicted molar refractivity (Wildman–Crippen MR) is 113 cm³/mol. The van der Waals surface area contributed by atoms with E-state index >= 15 is 0 Å². The number of ketones is 1. The molecule has 0 spiro atoms. The molecule has 0 saturated heterocycles. The van der Waals surface area contributed by atoms with E-state index in [1.807, 2.05) is 18.2 Å². The lowest BCUT2D eigenvalue weighted by atomic mass is 10.0. The zero-order valence-electron chi connectivity index (χ0n) is 17.7. The third kappa shape index (κ3) is 3.91. The molecule has 2 atom stereocenters. The van der Waals surface area contributed by atoms with Gasteiger partial charge in [0, 0.05) is 23.2 Å². The Labute approximate surface area is 176 Å². The second-order valence-corrected chi connectivity index (χ2v) is 8.33. The van der Waals surface area contributed by atoms with E-state index in [2.05, 4.69) is 17.1 Å². The van der Waals surface area contributed by atoms with E-state index in [1.54, 1.807) is 25.7 Å². The van der Waals surface area contributed by atoms with Gasteiger partial charge in [-0.25, -0.2) is 4.79 Å². The van der Waals surface area contributed by atoms with Gasteiger partial charge in [-0.3, -0.25) is 9.59 Å². The quantitative estimate of drug-likeness (QED) is 0.532. The molecule has 6 nitrogen and oxygen atoms in total. The van der Waals surface area contributed by atoms with Gasteiger partial charge in [-0.05, 0) is 57.1 Å². The Morgan fingerprint density at radius 2 is 1.83 bits per heavy atom. The van der Waals surface area contributed by atoms with Gasteiger partial charge in [0.2, 0.25) is 5.91 Å². The topological polar surface area (TPSA) is 79.5 Å². The molecule has 30 heavy (non-hydrogen) atoms. The Morgan fingerprint density at radius 1 is 1.13 bits per heavy atom. The van der Waals surface area contributed by atoms with Gasteiger partial charge < -0.3 is 14.6 Å². The number of carbonyl (C=O) groups is 3. The normalized spacial score (nSPS) is 20.0. The lowest BCUT2D eigenvalue weighted by Gasteiger charge is -2.22. The second-order valence-electron chi connectivity index (χ2n) is 8.33. The molecule has 1 aromatic heterocycles. The number of aromatic nitrogens is 1. The summed E-state index contributed by atoms with van der Waals surface area (Å²) in [6.07, 6.45) is 2.73. The van der Waals surface area contributed by atoms with E-state index in [1.165, 1.54) is 5.56 Å². The number of carbonyl (C=O) groups excluding carboxylic acids is 3. The SMILES string of the molecule is CCOC(=O)c1[nH]c(C)c(C(=O)CN(C(=O)[C@@H]2C[C@H]2c2ccccc2)C2CC2)c1C. The lowest BCUT2D eigenvalue weighted by Crippen LogP contribution is -2.39. The Balaban J connectivity index is 1.49. The van der Waals surface area contributed by atoms with E-state index in [0.717, 1.165) is 19.3 Å². The lowest BCUT2D eigenvalue weighted by molar-refractivity contribution is -0.132. The average molecular weight is 408 g/mol. The highest BCUT2D eigenvalue weighted by Gasteiger charge is 2.48. The fourth-order valence-electron chi connectivity index (χ4n) is 4.33. The molecule has 0 radical (unpaired) electrons. The first-order chi connectivity index (χ1) is 14.4. The standard InChI is InChI=1S/C24H28N2O4/c1-4-30-24(29)22-14(2)21(15(3)25-22)20(27)13-26(17-10-11-17)23(28)19-12-18(19)16-8-6-5-7-9-16/h5-9,17-19,25H,4,10-13H2,1-3H3/t18-,19+/m0/s1. The van der Waals surface area contributed by atoms with Crippen LogP contribution in [0, 0.1) is 19.8 Å². The van der Waals surface area contributed by atoms with Gasteiger partial charge in [0.15, 0.2) is 5.78 Å². The highest BCUT2D eigenvalue weighted by molar-refractivity contribution is 6.04.